The first-order chi connectivity index (χ1) is 12.5. The molecule has 0 aliphatic carbocycles. The zero-order chi connectivity index (χ0) is 18.5. The molecule has 26 heavy (non-hydrogen) atoms. The second-order valence-corrected chi connectivity index (χ2v) is 6.71. The van der Waals surface area contributed by atoms with Crippen molar-refractivity contribution in [1.29, 1.82) is 0 Å². The Labute approximate surface area is 152 Å². The average Bonchev–Trinajstić information content (AvgIpc) is 2.60. The molecule has 0 spiro atoms. The number of hydrogen-bond donors (Lipinski definition) is 2. The minimum atomic E-state index is -0.333. The van der Waals surface area contributed by atoms with Gasteiger partial charge in [-0.3, -0.25) is 14.5 Å². The molecule has 1 saturated heterocycles. The lowest BCUT2D eigenvalue weighted by atomic mass is 10.1. The summed E-state index contributed by atoms with van der Waals surface area (Å²) in [7, 11) is 0. The minimum absolute atomic E-state index is 0.193. The van der Waals surface area contributed by atoms with E-state index in [-0.39, 0.29) is 29.4 Å². The van der Waals surface area contributed by atoms with E-state index in [2.05, 4.69) is 40.3 Å². The summed E-state index contributed by atoms with van der Waals surface area (Å²) in [6.07, 6.45) is 0.439. The molecule has 2 unspecified atom stereocenters. The van der Waals surface area contributed by atoms with E-state index in [1.54, 1.807) is 0 Å². The number of ether oxygens (including phenoxy) is 1. The molecule has 0 bridgehead atoms. The number of carbonyl (C=O) groups is 1. The van der Waals surface area contributed by atoms with Gasteiger partial charge in [0.1, 0.15) is 5.69 Å². The highest BCUT2D eigenvalue weighted by Crippen LogP contribution is 2.17. The standard InChI is InChI=1S/C19H24N4O3/c1-13-10-23(11-14(2)26-13)12-16-6-4-3-5-15(16)9-20-19(25)17-7-8-18(24)22-21-17/h3-8,13-14H,9-12H2,1-2H3,(H,20,25)(H,22,24). The Kier molecular flexibility index (Phi) is 5.80. The van der Waals surface area contributed by atoms with Crippen LogP contribution in [0.15, 0.2) is 41.2 Å². The Morgan fingerprint density at radius 1 is 1.19 bits per heavy atom. The largest absolute Gasteiger partial charge is 0.373 e. The van der Waals surface area contributed by atoms with Crippen LogP contribution in [-0.4, -0.2) is 46.3 Å². The van der Waals surface area contributed by atoms with Crippen molar-refractivity contribution in [3.63, 3.8) is 0 Å². The van der Waals surface area contributed by atoms with Crippen LogP contribution in [0.25, 0.3) is 0 Å². The Morgan fingerprint density at radius 2 is 1.88 bits per heavy atom. The summed E-state index contributed by atoms with van der Waals surface area (Å²) < 4.78 is 5.79. The lowest BCUT2D eigenvalue weighted by Gasteiger charge is -2.35. The monoisotopic (exact) mass is 356 g/mol. The number of hydrogen-bond acceptors (Lipinski definition) is 5. The fraction of sp³-hybridized carbons (Fsp3) is 0.421. The molecule has 1 amide bonds. The van der Waals surface area contributed by atoms with Crippen LogP contribution in [0, 0.1) is 0 Å². The second kappa shape index (κ2) is 8.25. The summed E-state index contributed by atoms with van der Waals surface area (Å²) in [4.78, 5) is 25.6. The van der Waals surface area contributed by atoms with Crippen LogP contribution in [0.2, 0.25) is 0 Å². The minimum Gasteiger partial charge on any atom is -0.373 e. The number of morpholine rings is 1. The fourth-order valence-corrected chi connectivity index (χ4v) is 3.28. The van der Waals surface area contributed by atoms with Crippen molar-refractivity contribution < 1.29 is 9.53 Å². The van der Waals surface area contributed by atoms with Gasteiger partial charge in [-0.25, -0.2) is 5.10 Å². The van der Waals surface area contributed by atoms with Crippen LogP contribution in [-0.2, 0) is 17.8 Å². The number of amides is 1. The number of H-pyrrole nitrogens is 1. The molecule has 2 heterocycles. The zero-order valence-electron chi connectivity index (χ0n) is 15.1. The Morgan fingerprint density at radius 3 is 2.54 bits per heavy atom. The molecule has 1 aromatic carbocycles. The van der Waals surface area contributed by atoms with Gasteiger partial charge < -0.3 is 10.1 Å². The second-order valence-electron chi connectivity index (χ2n) is 6.71. The fourth-order valence-electron chi connectivity index (χ4n) is 3.28. The van der Waals surface area contributed by atoms with Crippen LogP contribution in [0.5, 0.6) is 0 Å². The van der Waals surface area contributed by atoms with E-state index < -0.39 is 0 Å². The number of aromatic amines is 1. The van der Waals surface area contributed by atoms with Gasteiger partial charge in [0, 0.05) is 32.2 Å². The van der Waals surface area contributed by atoms with Gasteiger partial charge in [0.15, 0.2) is 0 Å². The first kappa shape index (κ1) is 18.3. The number of benzene rings is 1. The van der Waals surface area contributed by atoms with Crippen molar-refractivity contribution in [1.82, 2.24) is 20.4 Å². The topological polar surface area (TPSA) is 87.3 Å². The lowest BCUT2D eigenvalue weighted by molar-refractivity contribution is -0.0705. The highest BCUT2D eigenvalue weighted by atomic mass is 16.5. The molecule has 1 fully saturated rings. The van der Waals surface area contributed by atoms with Crippen LogP contribution in [0.4, 0.5) is 0 Å². The average molecular weight is 356 g/mol. The van der Waals surface area contributed by atoms with Gasteiger partial charge in [-0.2, -0.15) is 5.10 Å². The molecule has 3 rings (SSSR count). The molecule has 7 heteroatoms. The molecule has 1 aromatic heterocycles. The number of carbonyl (C=O) groups excluding carboxylic acids is 1. The van der Waals surface area contributed by atoms with Crippen molar-refractivity contribution in [2.75, 3.05) is 13.1 Å². The molecule has 7 nitrogen and oxygen atoms in total. The van der Waals surface area contributed by atoms with Gasteiger partial charge in [0.2, 0.25) is 0 Å². The summed E-state index contributed by atoms with van der Waals surface area (Å²) >= 11 is 0. The Balaban J connectivity index is 1.64. The summed E-state index contributed by atoms with van der Waals surface area (Å²) in [5.74, 6) is -0.315. The molecular formula is C19H24N4O3. The number of rotatable bonds is 5. The number of nitrogens with zero attached hydrogens (tertiary/aromatic N) is 2. The van der Waals surface area contributed by atoms with Crippen molar-refractivity contribution in [2.24, 2.45) is 0 Å². The molecule has 1 aliphatic heterocycles. The zero-order valence-corrected chi connectivity index (χ0v) is 15.1. The SMILES string of the molecule is CC1CN(Cc2ccccc2CNC(=O)c2ccc(=O)[nH]n2)CC(C)O1. The first-order valence-electron chi connectivity index (χ1n) is 8.80. The van der Waals surface area contributed by atoms with Crippen LogP contribution in [0.3, 0.4) is 0 Å². The lowest BCUT2D eigenvalue weighted by Crippen LogP contribution is -2.45. The van der Waals surface area contributed by atoms with Crippen LogP contribution < -0.4 is 10.9 Å². The molecule has 2 atom stereocenters. The summed E-state index contributed by atoms with van der Waals surface area (Å²) in [6, 6.07) is 10.8. The predicted octanol–water partition coefficient (Wildman–Crippen LogP) is 1.31. The predicted molar refractivity (Wildman–Crippen MR) is 97.8 cm³/mol. The van der Waals surface area contributed by atoms with Gasteiger partial charge in [-0.1, -0.05) is 24.3 Å². The Hall–Kier alpha value is -2.51. The van der Waals surface area contributed by atoms with Gasteiger partial charge in [-0.15, -0.1) is 0 Å². The molecule has 0 saturated carbocycles. The van der Waals surface area contributed by atoms with E-state index in [4.69, 9.17) is 4.74 Å². The van der Waals surface area contributed by atoms with E-state index in [0.29, 0.717) is 6.54 Å². The van der Waals surface area contributed by atoms with Gasteiger partial charge in [-0.05, 0) is 31.0 Å². The summed E-state index contributed by atoms with van der Waals surface area (Å²) in [6.45, 7) is 7.20. The normalized spacial score (nSPS) is 20.7. The maximum absolute atomic E-state index is 12.2. The molecule has 2 N–H and O–H groups in total. The third-order valence-corrected chi connectivity index (χ3v) is 4.36. The molecule has 0 radical (unpaired) electrons. The molecule has 1 aliphatic rings. The third kappa shape index (κ3) is 4.77. The van der Waals surface area contributed by atoms with E-state index in [0.717, 1.165) is 25.2 Å². The maximum Gasteiger partial charge on any atom is 0.271 e. The van der Waals surface area contributed by atoms with E-state index in [1.807, 2.05) is 18.2 Å². The van der Waals surface area contributed by atoms with Crippen molar-refractivity contribution >= 4 is 5.91 Å². The van der Waals surface area contributed by atoms with Crippen molar-refractivity contribution in [3.05, 3.63) is 63.6 Å². The van der Waals surface area contributed by atoms with Crippen molar-refractivity contribution in [3.8, 4) is 0 Å². The third-order valence-electron chi connectivity index (χ3n) is 4.36. The van der Waals surface area contributed by atoms with Gasteiger partial charge in [0.05, 0.1) is 12.2 Å². The smallest absolute Gasteiger partial charge is 0.271 e. The quantitative estimate of drug-likeness (QED) is 0.843. The number of nitrogens with one attached hydrogen (secondary N) is 2. The molecule has 2 aromatic rings. The highest BCUT2D eigenvalue weighted by molar-refractivity contribution is 5.91. The highest BCUT2D eigenvalue weighted by Gasteiger charge is 2.22. The first-order valence-corrected chi connectivity index (χ1v) is 8.80. The summed E-state index contributed by atoms with van der Waals surface area (Å²) in [5.41, 5.74) is 2.11. The summed E-state index contributed by atoms with van der Waals surface area (Å²) in [5, 5.41) is 8.88. The van der Waals surface area contributed by atoms with E-state index in [1.165, 1.54) is 17.7 Å². The van der Waals surface area contributed by atoms with Gasteiger partial charge in [0.25, 0.3) is 11.5 Å². The molecule has 138 valence electrons. The van der Waals surface area contributed by atoms with Crippen LogP contribution in [0.1, 0.15) is 35.5 Å². The van der Waals surface area contributed by atoms with Gasteiger partial charge >= 0.3 is 0 Å². The Bertz CT molecular complexity index is 790. The van der Waals surface area contributed by atoms with Crippen LogP contribution >= 0.6 is 0 Å². The maximum atomic E-state index is 12.2. The van der Waals surface area contributed by atoms with E-state index in [9.17, 15) is 9.59 Å². The van der Waals surface area contributed by atoms with E-state index >= 15 is 0 Å². The molecular weight excluding hydrogens is 332 g/mol. The number of aromatic nitrogens is 2. The van der Waals surface area contributed by atoms with Crippen molar-refractivity contribution in [2.45, 2.75) is 39.1 Å².